The maximum absolute atomic E-state index is 14.1. The van der Waals surface area contributed by atoms with Crippen molar-refractivity contribution in [1.82, 2.24) is 0 Å². The van der Waals surface area contributed by atoms with Crippen molar-refractivity contribution in [1.29, 1.82) is 0 Å². The first-order valence-corrected chi connectivity index (χ1v) is 11.0. The van der Waals surface area contributed by atoms with Gasteiger partial charge in [0.05, 0.1) is 23.8 Å². The van der Waals surface area contributed by atoms with Crippen LogP contribution in [0, 0.1) is 0 Å². The number of benzene rings is 2. The summed E-state index contributed by atoms with van der Waals surface area (Å²) in [6.45, 7) is 3.74. The molecule has 2 unspecified atom stereocenters. The van der Waals surface area contributed by atoms with E-state index in [9.17, 15) is 26.3 Å². The van der Waals surface area contributed by atoms with Gasteiger partial charge >= 0.3 is 12.4 Å². The molecule has 0 radical (unpaired) electrons. The van der Waals surface area contributed by atoms with Gasteiger partial charge in [0.15, 0.2) is 5.79 Å². The lowest BCUT2D eigenvalue weighted by molar-refractivity contribution is -0.190. The maximum Gasteiger partial charge on any atom is 0.417 e. The molecule has 0 aromatic heterocycles. The second kappa shape index (κ2) is 10.8. The van der Waals surface area contributed by atoms with Crippen LogP contribution in [0.15, 0.2) is 59.7 Å². The highest BCUT2D eigenvalue weighted by Crippen LogP contribution is 2.46. The molecule has 2 aromatic carbocycles. The van der Waals surface area contributed by atoms with Gasteiger partial charge in [-0.1, -0.05) is 13.0 Å². The zero-order valence-electron chi connectivity index (χ0n) is 19.1. The minimum absolute atomic E-state index is 0.0328. The van der Waals surface area contributed by atoms with Gasteiger partial charge in [0.25, 0.3) is 0 Å². The van der Waals surface area contributed by atoms with Crippen molar-refractivity contribution >= 4 is 6.21 Å². The molecule has 2 aromatic rings. The number of halogens is 6. The Kier molecular flexibility index (Phi) is 8.27. The van der Waals surface area contributed by atoms with E-state index in [-0.39, 0.29) is 36.2 Å². The average molecular weight is 501 g/mol. The number of ether oxygens (including phenoxy) is 3. The van der Waals surface area contributed by atoms with Crippen LogP contribution in [0.5, 0.6) is 11.5 Å². The number of alkyl halides is 6. The Morgan fingerprint density at radius 3 is 2.29 bits per heavy atom. The predicted octanol–water partition coefficient (Wildman–Crippen LogP) is 7.88. The molecular formula is C25H25F6NO3. The van der Waals surface area contributed by atoms with Crippen molar-refractivity contribution in [3.63, 3.8) is 0 Å². The van der Waals surface area contributed by atoms with Crippen LogP contribution in [0.1, 0.15) is 49.8 Å². The van der Waals surface area contributed by atoms with E-state index in [0.29, 0.717) is 12.8 Å². The van der Waals surface area contributed by atoms with Crippen molar-refractivity contribution in [2.45, 2.75) is 57.4 Å². The van der Waals surface area contributed by atoms with Crippen LogP contribution in [0.2, 0.25) is 0 Å². The highest BCUT2D eigenvalue weighted by molar-refractivity contribution is 5.54. The summed E-state index contributed by atoms with van der Waals surface area (Å²) in [4.78, 5) is 3.94. The van der Waals surface area contributed by atoms with Gasteiger partial charge in [-0.3, -0.25) is 4.99 Å². The lowest BCUT2D eigenvalue weighted by Gasteiger charge is -2.31. The summed E-state index contributed by atoms with van der Waals surface area (Å²) in [6, 6.07) is 7.03. The second-order valence-electron chi connectivity index (χ2n) is 7.87. The van der Waals surface area contributed by atoms with Gasteiger partial charge in [-0.05, 0) is 62.2 Å². The molecule has 1 fully saturated rings. The number of nitrogens with zero attached hydrogens (tertiary/aromatic N) is 1. The van der Waals surface area contributed by atoms with Gasteiger partial charge in [0.1, 0.15) is 11.5 Å². The Labute approximate surface area is 199 Å². The number of hydrogen-bond donors (Lipinski definition) is 0. The van der Waals surface area contributed by atoms with E-state index in [1.807, 2.05) is 6.92 Å². The molecule has 1 aliphatic rings. The molecule has 0 aliphatic carbocycles. The molecule has 0 N–H and O–H groups in total. The Bertz CT molecular complexity index is 1050. The Morgan fingerprint density at radius 2 is 1.71 bits per heavy atom. The molecule has 3 rings (SSSR count). The lowest BCUT2D eigenvalue weighted by atomic mass is 9.94. The highest BCUT2D eigenvalue weighted by atomic mass is 19.4. The zero-order chi connectivity index (χ0) is 25.7. The van der Waals surface area contributed by atoms with Crippen LogP contribution in [0.3, 0.4) is 0 Å². The molecule has 190 valence electrons. The summed E-state index contributed by atoms with van der Waals surface area (Å²) >= 11 is 0. The molecule has 2 atom stereocenters. The largest absolute Gasteiger partial charge is 0.457 e. The minimum Gasteiger partial charge on any atom is -0.457 e. The molecule has 4 nitrogen and oxygen atoms in total. The van der Waals surface area contributed by atoms with Crippen LogP contribution < -0.4 is 4.74 Å². The summed E-state index contributed by atoms with van der Waals surface area (Å²) in [5.41, 5.74) is -2.08. The molecule has 0 bridgehead atoms. The fourth-order valence-corrected chi connectivity index (χ4v) is 3.67. The first-order valence-electron chi connectivity index (χ1n) is 11.0. The van der Waals surface area contributed by atoms with Crippen molar-refractivity contribution in [3.8, 4) is 11.5 Å². The van der Waals surface area contributed by atoms with E-state index in [1.54, 1.807) is 25.4 Å². The van der Waals surface area contributed by atoms with Gasteiger partial charge < -0.3 is 14.2 Å². The van der Waals surface area contributed by atoms with Crippen LogP contribution >= 0.6 is 0 Å². The second-order valence-corrected chi connectivity index (χ2v) is 7.87. The molecule has 0 amide bonds. The summed E-state index contributed by atoms with van der Waals surface area (Å²) in [5.74, 6) is -1.83. The van der Waals surface area contributed by atoms with Crippen LogP contribution in [0.4, 0.5) is 26.3 Å². The summed E-state index contributed by atoms with van der Waals surface area (Å²) in [5, 5.41) is 0. The Morgan fingerprint density at radius 1 is 1.03 bits per heavy atom. The van der Waals surface area contributed by atoms with Crippen LogP contribution in [0.25, 0.3) is 0 Å². The third kappa shape index (κ3) is 6.64. The minimum atomic E-state index is -4.76. The fraction of sp³-hybridized carbons (Fsp3) is 0.400. The Hall–Kier alpha value is -2.85. The van der Waals surface area contributed by atoms with Crippen LogP contribution in [-0.4, -0.2) is 18.9 Å². The molecule has 35 heavy (non-hydrogen) atoms. The number of rotatable bonds is 8. The highest BCUT2D eigenvalue weighted by Gasteiger charge is 2.47. The standard InChI is InChI=1S/C25H25F6NO3/c1-3-18-16-33-23(35-18,13-5-6-14-32-4-2)21-12-11-20(15-22(21)25(29,30)31)34-19-9-7-17(8-10-19)24(26,27)28/h4,6-12,14-15,18H,3,5,13,16H2,1-2H3/b14-6-,32-4?. The van der Waals surface area contributed by atoms with Crippen molar-refractivity contribution in [2.75, 3.05) is 6.61 Å². The van der Waals surface area contributed by atoms with Gasteiger partial charge in [0, 0.05) is 24.4 Å². The SMILES string of the molecule is CC=N/C=C\CCC1(c2ccc(Oc3ccc(C(F)(F)F)cc3)cc2C(F)(F)F)OCC(CC)O1. The smallest absolute Gasteiger partial charge is 0.417 e. The zero-order valence-corrected chi connectivity index (χ0v) is 19.1. The van der Waals surface area contributed by atoms with Gasteiger partial charge in [-0.2, -0.15) is 26.3 Å². The van der Waals surface area contributed by atoms with Crippen molar-refractivity contribution in [2.24, 2.45) is 4.99 Å². The normalized spacial score (nSPS) is 21.3. The molecule has 1 aliphatic heterocycles. The quantitative estimate of drug-likeness (QED) is 0.273. The molecule has 1 saturated heterocycles. The summed E-state index contributed by atoms with van der Waals surface area (Å²) in [6.07, 6.45) is -3.77. The van der Waals surface area contributed by atoms with Crippen molar-refractivity contribution < 1.29 is 40.6 Å². The van der Waals surface area contributed by atoms with Crippen molar-refractivity contribution in [3.05, 3.63) is 71.4 Å². The fourth-order valence-electron chi connectivity index (χ4n) is 3.67. The van der Waals surface area contributed by atoms with E-state index in [2.05, 4.69) is 4.99 Å². The van der Waals surface area contributed by atoms with Gasteiger partial charge in [-0.25, -0.2) is 0 Å². The van der Waals surface area contributed by atoms with E-state index >= 15 is 0 Å². The van der Waals surface area contributed by atoms with E-state index < -0.39 is 29.3 Å². The monoisotopic (exact) mass is 501 g/mol. The number of hydrogen-bond acceptors (Lipinski definition) is 4. The number of aliphatic imine (C=N–C) groups is 1. The first-order chi connectivity index (χ1) is 16.5. The van der Waals surface area contributed by atoms with E-state index in [0.717, 1.165) is 30.3 Å². The van der Waals surface area contributed by atoms with E-state index in [4.69, 9.17) is 14.2 Å². The molecule has 10 heteroatoms. The summed E-state index contributed by atoms with van der Waals surface area (Å²) in [7, 11) is 0. The third-order valence-electron chi connectivity index (χ3n) is 5.42. The molecule has 0 spiro atoms. The lowest BCUT2D eigenvalue weighted by Crippen LogP contribution is -2.31. The first kappa shape index (κ1) is 26.7. The van der Waals surface area contributed by atoms with Gasteiger partial charge in [-0.15, -0.1) is 0 Å². The molecule has 0 saturated carbocycles. The maximum atomic E-state index is 14.1. The average Bonchev–Trinajstić information content (AvgIpc) is 3.23. The number of allylic oxidation sites excluding steroid dienone is 1. The summed E-state index contributed by atoms with van der Waals surface area (Å²) < 4.78 is 97.9. The molecular weight excluding hydrogens is 476 g/mol. The third-order valence-corrected chi connectivity index (χ3v) is 5.42. The van der Waals surface area contributed by atoms with E-state index in [1.165, 1.54) is 12.1 Å². The predicted molar refractivity (Wildman–Crippen MR) is 118 cm³/mol. The Balaban J connectivity index is 1.94. The van der Waals surface area contributed by atoms with Crippen LogP contribution in [-0.2, 0) is 27.6 Å². The topological polar surface area (TPSA) is 40.0 Å². The molecule has 1 heterocycles. The van der Waals surface area contributed by atoms with Gasteiger partial charge in [0.2, 0.25) is 0 Å².